The Morgan fingerprint density at radius 3 is 2.48 bits per heavy atom. The van der Waals surface area contributed by atoms with Crippen molar-refractivity contribution < 1.29 is 27.8 Å². The van der Waals surface area contributed by atoms with E-state index in [1.807, 2.05) is 6.92 Å². The predicted molar refractivity (Wildman–Crippen MR) is 112 cm³/mol. The van der Waals surface area contributed by atoms with Crippen LogP contribution in [-0.2, 0) is 0 Å². The topological polar surface area (TPSA) is 75.0 Å². The first-order valence-electron chi connectivity index (χ1n) is 9.48. The van der Waals surface area contributed by atoms with Gasteiger partial charge in [-0.05, 0) is 43.3 Å². The van der Waals surface area contributed by atoms with Crippen molar-refractivity contribution in [3.05, 3.63) is 94.6 Å². The van der Waals surface area contributed by atoms with E-state index in [9.17, 15) is 14.0 Å². The first-order chi connectivity index (χ1) is 15.1. The maximum absolute atomic E-state index is 13.8. The minimum atomic E-state index is -0.854. The van der Waals surface area contributed by atoms with E-state index < -0.39 is 17.2 Å². The average Bonchev–Trinajstić information content (AvgIpc) is 2.77. The summed E-state index contributed by atoms with van der Waals surface area (Å²) in [4.78, 5) is 25.0. The maximum Gasteiger partial charge on any atom is 0.346 e. The smallest absolute Gasteiger partial charge is 0.346 e. The molecule has 4 aromatic rings. The van der Waals surface area contributed by atoms with E-state index in [1.165, 1.54) is 48.7 Å². The van der Waals surface area contributed by atoms with Crippen LogP contribution in [0, 0.1) is 5.82 Å². The second-order valence-corrected chi connectivity index (χ2v) is 6.44. The van der Waals surface area contributed by atoms with Crippen molar-refractivity contribution in [1.29, 1.82) is 0 Å². The summed E-state index contributed by atoms with van der Waals surface area (Å²) in [6, 6.07) is 16.7. The summed E-state index contributed by atoms with van der Waals surface area (Å²) >= 11 is 0. The van der Waals surface area contributed by atoms with E-state index in [2.05, 4.69) is 0 Å². The molecule has 0 N–H and O–H groups in total. The van der Waals surface area contributed by atoms with Gasteiger partial charge in [-0.1, -0.05) is 24.3 Å². The highest BCUT2D eigenvalue weighted by Crippen LogP contribution is 2.31. The highest BCUT2D eigenvalue weighted by molar-refractivity contribution is 5.92. The fourth-order valence-corrected chi connectivity index (χ4v) is 2.94. The fraction of sp³-hybridized carbons (Fsp3) is 0.0833. The number of para-hydroxylation sites is 2. The molecule has 7 heteroatoms. The van der Waals surface area contributed by atoms with Crippen LogP contribution in [-0.4, -0.2) is 12.6 Å². The summed E-state index contributed by atoms with van der Waals surface area (Å²) in [5, 5.41) is 0.233. The number of halogens is 1. The number of carbonyl (C=O) groups is 1. The fourth-order valence-electron chi connectivity index (χ4n) is 2.94. The highest BCUT2D eigenvalue weighted by Gasteiger charge is 2.16. The lowest BCUT2D eigenvalue weighted by atomic mass is 10.2. The summed E-state index contributed by atoms with van der Waals surface area (Å²) in [6.07, 6.45) is 1.18. The van der Waals surface area contributed by atoms with Gasteiger partial charge in [0.15, 0.2) is 11.5 Å². The molecule has 1 aromatic heterocycles. The molecule has 0 saturated carbocycles. The number of rotatable bonds is 6. The van der Waals surface area contributed by atoms with Gasteiger partial charge < -0.3 is 18.6 Å². The highest BCUT2D eigenvalue weighted by atomic mass is 19.1. The van der Waals surface area contributed by atoms with E-state index in [0.717, 1.165) is 0 Å². The van der Waals surface area contributed by atoms with Crippen molar-refractivity contribution in [3.8, 4) is 23.0 Å². The van der Waals surface area contributed by atoms with Crippen molar-refractivity contribution in [3.63, 3.8) is 0 Å². The van der Waals surface area contributed by atoms with Gasteiger partial charge in [0.05, 0.1) is 17.6 Å². The number of hydrogen-bond acceptors (Lipinski definition) is 6. The molecule has 3 aromatic carbocycles. The molecule has 4 rings (SSSR count). The van der Waals surface area contributed by atoms with E-state index in [0.29, 0.717) is 18.1 Å². The molecule has 0 aliphatic heterocycles. The van der Waals surface area contributed by atoms with E-state index in [4.69, 9.17) is 18.6 Å². The lowest BCUT2D eigenvalue weighted by Gasteiger charge is -2.11. The number of carbonyl (C=O) groups excluding carboxylic acids is 1. The lowest BCUT2D eigenvalue weighted by molar-refractivity contribution is 0.0730. The third kappa shape index (κ3) is 4.25. The van der Waals surface area contributed by atoms with Crippen LogP contribution in [0.3, 0.4) is 0 Å². The molecule has 0 bridgehead atoms. The first kappa shape index (κ1) is 20.2. The molecule has 0 radical (unpaired) electrons. The standard InChI is InChI=1S/C24H17FO6/c1-2-28-19-9-5-6-10-20(19)31-22-14-29-21-13-15(11-12-17(21)23(22)26)30-24(27)16-7-3-4-8-18(16)25/h3-14H,2H2,1H3. The van der Waals surface area contributed by atoms with Crippen molar-refractivity contribution in [2.45, 2.75) is 6.92 Å². The zero-order valence-electron chi connectivity index (χ0n) is 16.5. The number of esters is 1. The van der Waals surface area contributed by atoms with Crippen LogP contribution in [0.4, 0.5) is 4.39 Å². The quantitative estimate of drug-likeness (QED) is 0.310. The third-order valence-electron chi connectivity index (χ3n) is 4.39. The Bertz CT molecular complexity index is 1310. The number of fused-ring (bicyclic) bond motifs is 1. The molecule has 0 aliphatic carbocycles. The molecule has 0 amide bonds. The second-order valence-electron chi connectivity index (χ2n) is 6.44. The van der Waals surface area contributed by atoms with E-state index >= 15 is 0 Å². The van der Waals surface area contributed by atoms with E-state index in [1.54, 1.807) is 24.3 Å². The first-order valence-corrected chi connectivity index (χ1v) is 9.48. The van der Waals surface area contributed by atoms with Crippen LogP contribution in [0.2, 0.25) is 0 Å². The molecule has 31 heavy (non-hydrogen) atoms. The summed E-state index contributed by atoms with van der Waals surface area (Å²) in [7, 11) is 0. The SMILES string of the molecule is CCOc1ccccc1Oc1coc2cc(OC(=O)c3ccccc3F)ccc2c1=O. The predicted octanol–water partition coefficient (Wildman–Crippen LogP) is 5.34. The Morgan fingerprint density at radius 1 is 0.968 bits per heavy atom. The van der Waals surface area contributed by atoms with Crippen molar-refractivity contribution in [1.82, 2.24) is 0 Å². The van der Waals surface area contributed by atoms with Crippen LogP contribution in [0.15, 0.2) is 82.2 Å². The van der Waals surface area contributed by atoms with Crippen LogP contribution in [0.1, 0.15) is 17.3 Å². The molecule has 0 spiro atoms. The Morgan fingerprint density at radius 2 is 1.71 bits per heavy atom. The molecule has 0 aliphatic rings. The zero-order valence-corrected chi connectivity index (χ0v) is 16.5. The van der Waals surface area contributed by atoms with Gasteiger partial charge in [-0.15, -0.1) is 0 Å². The molecular weight excluding hydrogens is 403 g/mol. The molecule has 0 fully saturated rings. The average molecular weight is 420 g/mol. The van der Waals surface area contributed by atoms with Crippen molar-refractivity contribution in [2.24, 2.45) is 0 Å². The van der Waals surface area contributed by atoms with Crippen LogP contribution >= 0.6 is 0 Å². The van der Waals surface area contributed by atoms with E-state index in [-0.39, 0.29) is 28.0 Å². The van der Waals surface area contributed by atoms with Gasteiger partial charge in [0.1, 0.15) is 23.4 Å². The molecule has 156 valence electrons. The lowest BCUT2D eigenvalue weighted by Crippen LogP contribution is -2.11. The van der Waals surface area contributed by atoms with Gasteiger partial charge in [0.25, 0.3) is 0 Å². The molecule has 6 nitrogen and oxygen atoms in total. The third-order valence-corrected chi connectivity index (χ3v) is 4.39. The molecule has 0 saturated heterocycles. The minimum absolute atomic E-state index is 0.0178. The van der Waals surface area contributed by atoms with Gasteiger partial charge in [0.2, 0.25) is 11.2 Å². The van der Waals surface area contributed by atoms with Gasteiger partial charge in [-0.3, -0.25) is 4.79 Å². The number of hydrogen-bond donors (Lipinski definition) is 0. The Labute approximate surface area is 176 Å². The molecule has 0 atom stereocenters. The van der Waals surface area contributed by atoms with Crippen molar-refractivity contribution >= 4 is 16.9 Å². The number of benzene rings is 3. The Hall–Kier alpha value is -4.13. The van der Waals surface area contributed by atoms with Gasteiger partial charge in [-0.25, -0.2) is 9.18 Å². The van der Waals surface area contributed by atoms with Crippen LogP contribution in [0.5, 0.6) is 23.0 Å². The number of ether oxygens (including phenoxy) is 3. The van der Waals surface area contributed by atoms with Gasteiger partial charge in [-0.2, -0.15) is 0 Å². The second kappa shape index (κ2) is 8.71. The molecule has 1 heterocycles. The Balaban J connectivity index is 1.61. The Kier molecular flexibility index (Phi) is 5.66. The largest absolute Gasteiger partial charge is 0.490 e. The minimum Gasteiger partial charge on any atom is -0.490 e. The maximum atomic E-state index is 13.8. The van der Waals surface area contributed by atoms with Gasteiger partial charge in [0, 0.05) is 6.07 Å². The summed E-state index contributed by atoms with van der Waals surface area (Å²) in [5.74, 6) is -0.567. The molecule has 0 unspecified atom stereocenters. The van der Waals surface area contributed by atoms with Crippen LogP contribution in [0.25, 0.3) is 11.0 Å². The molecular formula is C24H17FO6. The summed E-state index contributed by atoms with van der Waals surface area (Å²) < 4.78 is 35.7. The zero-order chi connectivity index (χ0) is 21.8. The van der Waals surface area contributed by atoms with Gasteiger partial charge >= 0.3 is 5.97 Å². The van der Waals surface area contributed by atoms with Crippen LogP contribution < -0.4 is 19.6 Å². The normalized spacial score (nSPS) is 10.6. The monoisotopic (exact) mass is 420 g/mol. The van der Waals surface area contributed by atoms with Crippen molar-refractivity contribution in [2.75, 3.05) is 6.61 Å². The summed E-state index contributed by atoms with van der Waals surface area (Å²) in [5.41, 5.74) is -0.408. The summed E-state index contributed by atoms with van der Waals surface area (Å²) in [6.45, 7) is 2.29.